The third-order valence-corrected chi connectivity index (χ3v) is 5.08. The standard InChI is InChI=1S/C25H25ClN2O3/c1-3-23(31-20-15-13-19(26)14-16-20)25(30)28-22-12-8-7-11-21(22)24(29)27-17(2)18-9-5-4-6-10-18/h4-17,23H,3H2,1-2H3,(H,27,29)(H,28,30)/t17-,23-/m1/s1. The second-order valence-corrected chi connectivity index (χ2v) is 7.55. The first-order valence-corrected chi connectivity index (χ1v) is 10.5. The second kappa shape index (κ2) is 10.6. The van der Waals surface area contributed by atoms with E-state index in [2.05, 4.69) is 10.6 Å². The lowest BCUT2D eigenvalue weighted by molar-refractivity contribution is -0.122. The number of amides is 2. The van der Waals surface area contributed by atoms with Crippen molar-refractivity contribution >= 4 is 29.1 Å². The first-order valence-electron chi connectivity index (χ1n) is 10.2. The van der Waals surface area contributed by atoms with Gasteiger partial charge in [0.25, 0.3) is 11.8 Å². The highest BCUT2D eigenvalue weighted by molar-refractivity contribution is 6.30. The maximum atomic E-state index is 12.9. The van der Waals surface area contributed by atoms with Crippen molar-refractivity contribution in [2.24, 2.45) is 0 Å². The van der Waals surface area contributed by atoms with Gasteiger partial charge in [0.05, 0.1) is 17.3 Å². The predicted octanol–water partition coefficient (Wildman–Crippen LogP) is 5.63. The van der Waals surface area contributed by atoms with Gasteiger partial charge in [-0.1, -0.05) is 61.0 Å². The summed E-state index contributed by atoms with van der Waals surface area (Å²) in [5, 5.41) is 6.41. The summed E-state index contributed by atoms with van der Waals surface area (Å²) in [6, 6.07) is 23.3. The Balaban J connectivity index is 1.70. The quantitative estimate of drug-likeness (QED) is 0.481. The second-order valence-electron chi connectivity index (χ2n) is 7.11. The fourth-order valence-electron chi connectivity index (χ4n) is 3.10. The number of para-hydroxylation sites is 1. The van der Waals surface area contributed by atoms with Gasteiger partial charge >= 0.3 is 0 Å². The van der Waals surface area contributed by atoms with E-state index >= 15 is 0 Å². The van der Waals surface area contributed by atoms with E-state index in [1.807, 2.05) is 44.2 Å². The summed E-state index contributed by atoms with van der Waals surface area (Å²) < 4.78 is 5.80. The molecule has 0 heterocycles. The van der Waals surface area contributed by atoms with Crippen LogP contribution in [0, 0.1) is 0 Å². The zero-order valence-electron chi connectivity index (χ0n) is 17.5. The normalized spacial score (nSPS) is 12.5. The maximum Gasteiger partial charge on any atom is 0.265 e. The molecule has 2 atom stereocenters. The van der Waals surface area contributed by atoms with Crippen molar-refractivity contribution in [1.29, 1.82) is 0 Å². The Kier molecular flexibility index (Phi) is 7.68. The molecule has 0 radical (unpaired) electrons. The molecule has 0 fully saturated rings. The summed E-state index contributed by atoms with van der Waals surface area (Å²) >= 11 is 5.90. The molecule has 160 valence electrons. The summed E-state index contributed by atoms with van der Waals surface area (Å²) in [4.78, 5) is 25.7. The Labute approximate surface area is 187 Å². The first kappa shape index (κ1) is 22.4. The summed E-state index contributed by atoms with van der Waals surface area (Å²) in [7, 11) is 0. The van der Waals surface area contributed by atoms with Crippen molar-refractivity contribution in [3.05, 3.63) is 95.0 Å². The van der Waals surface area contributed by atoms with Gasteiger partial charge < -0.3 is 15.4 Å². The van der Waals surface area contributed by atoms with Crippen LogP contribution in [0.2, 0.25) is 5.02 Å². The minimum absolute atomic E-state index is 0.172. The molecule has 0 aliphatic rings. The summed E-state index contributed by atoms with van der Waals surface area (Å²) in [6.07, 6.45) is -0.242. The third-order valence-electron chi connectivity index (χ3n) is 4.83. The summed E-state index contributed by atoms with van der Waals surface area (Å²) in [5.74, 6) is -0.0400. The Bertz CT molecular complexity index is 1020. The van der Waals surface area contributed by atoms with E-state index in [1.165, 1.54) is 0 Å². The van der Waals surface area contributed by atoms with E-state index in [9.17, 15) is 9.59 Å². The molecule has 0 aliphatic carbocycles. The molecule has 0 spiro atoms. The van der Waals surface area contributed by atoms with Crippen molar-refractivity contribution in [2.75, 3.05) is 5.32 Å². The molecule has 2 amide bonds. The van der Waals surface area contributed by atoms with Crippen LogP contribution in [0.1, 0.15) is 42.2 Å². The molecule has 0 saturated carbocycles. The van der Waals surface area contributed by atoms with E-state index in [4.69, 9.17) is 16.3 Å². The molecule has 0 aliphatic heterocycles. The molecule has 5 nitrogen and oxygen atoms in total. The highest BCUT2D eigenvalue weighted by Gasteiger charge is 2.21. The van der Waals surface area contributed by atoms with Crippen LogP contribution in [-0.4, -0.2) is 17.9 Å². The van der Waals surface area contributed by atoms with Crippen LogP contribution in [-0.2, 0) is 4.79 Å². The van der Waals surface area contributed by atoms with Crippen LogP contribution in [0.3, 0.4) is 0 Å². The fraction of sp³-hybridized carbons (Fsp3) is 0.200. The topological polar surface area (TPSA) is 67.4 Å². The minimum atomic E-state index is -0.708. The van der Waals surface area contributed by atoms with Crippen LogP contribution >= 0.6 is 11.6 Å². The number of hydrogen-bond acceptors (Lipinski definition) is 3. The zero-order valence-corrected chi connectivity index (χ0v) is 18.2. The molecule has 0 unspecified atom stereocenters. The van der Waals surface area contributed by atoms with Gasteiger partial charge in [0, 0.05) is 5.02 Å². The number of carbonyl (C=O) groups is 2. The summed E-state index contributed by atoms with van der Waals surface area (Å²) in [5.41, 5.74) is 1.82. The SMILES string of the molecule is CC[C@@H](Oc1ccc(Cl)cc1)C(=O)Nc1ccccc1C(=O)N[C@H](C)c1ccccc1. The molecule has 0 aromatic heterocycles. The molecule has 3 aromatic carbocycles. The van der Waals surface area contributed by atoms with Crippen molar-refractivity contribution < 1.29 is 14.3 Å². The van der Waals surface area contributed by atoms with Gasteiger partial charge in [0.2, 0.25) is 0 Å². The van der Waals surface area contributed by atoms with Gasteiger partial charge in [-0.2, -0.15) is 0 Å². The van der Waals surface area contributed by atoms with Crippen LogP contribution < -0.4 is 15.4 Å². The Hall–Kier alpha value is -3.31. The number of carbonyl (C=O) groups excluding carboxylic acids is 2. The van der Waals surface area contributed by atoms with Gasteiger partial charge in [-0.3, -0.25) is 9.59 Å². The van der Waals surface area contributed by atoms with Crippen LogP contribution in [0.15, 0.2) is 78.9 Å². The van der Waals surface area contributed by atoms with Gasteiger partial charge in [0.1, 0.15) is 5.75 Å². The number of halogens is 1. The third kappa shape index (κ3) is 6.09. The molecule has 3 aromatic rings. The molecular formula is C25H25ClN2O3. The van der Waals surface area contributed by atoms with Crippen molar-refractivity contribution in [3.8, 4) is 5.75 Å². The number of nitrogens with one attached hydrogen (secondary N) is 2. The Morgan fingerprint density at radius 3 is 2.26 bits per heavy atom. The Morgan fingerprint density at radius 1 is 0.935 bits per heavy atom. The lowest BCUT2D eigenvalue weighted by atomic mass is 10.1. The molecule has 6 heteroatoms. The first-order chi connectivity index (χ1) is 15.0. The van der Waals surface area contributed by atoms with Crippen LogP contribution in [0.25, 0.3) is 0 Å². The van der Waals surface area contributed by atoms with E-state index in [1.54, 1.807) is 48.5 Å². The van der Waals surface area contributed by atoms with Crippen molar-refractivity contribution in [1.82, 2.24) is 5.32 Å². The van der Waals surface area contributed by atoms with Gasteiger partial charge in [0.15, 0.2) is 6.10 Å². The monoisotopic (exact) mass is 436 g/mol. The minimum Gasteiger partial charge on any atom is -0.481 e. The average molecular weight is 437 g/mol. The molecule has 0 bridgehead atoms. The number of rotatable bonds is 8. The molecule has 2 N–H and O–H groups in total. The van der Waals surface area contributed by atoms with Gasteiger partial charge in [-0.25, -0.2) is 0 Å². The highest BCUT2D eigenvalue weighted by Crippen LogP contribution is 2.21. The summed E-state index contributed by atoms with van der Waals surface area (Å²) in [6.45, 7) is 3.78. The van der Waals surface area contributed by atoms with E-state index in [-0.39, 0.29) is 17.9 Å². The van der Waals surface area contributed by atoms with E-state index in [0.29, 0.717) is 28.4 Å². The van der Waals surface area contributed by atoms with Gasteiger partial charge in [-0.05, 0) is 55.3 Å². The number of hydrogen-bond donors (Lipinski definition) is 2. The molecule has 31 heavy (non-hydrogen) atoms. The maximum absolute atomic E-state index is 12.9. The van der Waals surface area contributed by atoms with E-state index in [0.717, 1.165) is 5.56 Å². The number of anilines is 1. The van der Waals surface area contributed by atoms with Crippen molar-refractivity contribution in [2.45, 2.75) is 32.4 Å². The fourth-order valence-corrected chi connectivity index (χ4v) is 3.23. The largest absolute Gasteiger partial charge is 0.481 e. The van der Waals surface area contributed by atoms with Crippen LogP contribution in [0.4, 0.5) is 5.69 Å². The number of ether oxygens (including phenoxy) is 1. The molecule has 3 rings (SSSR count). The van der Waals surface area contributed by atoms with Crippen molar-refractivity contribution in [3.63, 3.8) is 0 Å². The lowest BCUT2D eigenvalue weighted by Crippen LogP contribution is -2.34. The smallest absolute Gasteiger partial charge is 0.265 e. The molecular weight excluding hydrogens is 412 g/mol. The van der Waals surface area contributed by atoms with E-state index < -0.39 is 6.10 Å². The van der Waals surface area contributed by atoms with Gasteiger partial charge in [-0.15, -0.1) is 0 Å². The predicted molar refractivity (Wildman–Crippen MR) is 124 cm³/mol. The average Bonchev–Trinajstić information content (AvgIpc) is 2.79. The zero-order chi connectivity index (χ0) is 22.2. The highest BCUT2D eigenvalue weighted by atomic mass is 35.5. The number of benzene rings is 3. The Morgan fingerprint density at radius 2 is 1.58 bits per heavy atom. The lowest BCUT2D eigenvalue weighted by Gasteiger charge is -2.19. The van der Waals surface area contributed by atoms with Crippen LogP contribution in [0.5, 0.6) is 5.75 Å². The molecule has 0 saturated heterocycles.